The lowest BCUT2D eigenvalue weighted by Crippen LogP contribution is -2.45. The van der Waals surface area contributed by atoms with E-state index in [0.29, 0.717) is 19.5 Å². The van der Waals surface area contributed by atoms with Crippen molar-refractivity contribution in [2.45, 2.75) is 39.0 Å². The van der Waals surface area contributed by atoms with Crippen LogP contribution >= 0.6 is 0 Å². The number of nitrogens with zero attached hydrogens (tertiary/aromatic N) is 1. The lowest BCUT2D eigenvalue weighted by atomic mass is 9.96. The molecule has 1 fully saturated rings. The van der Waals surface area contributed by atoms with Gasteiger partial charge in [-0.15, -0.1) is 0 Å². The van der Waals surface area contributed by atoms with Crippen LogP contribution in [0.2, 0.25) is 0 Å². The van der Waals surface area contributed by atoms with Crippen molar-refractivity contribution in [2.75, 3.05) is 19.6 Å². The van der Waals surface area contributed by atoms with Gasteiger partial charge in [-0.1, -0.05) is 13.8 Å². The topological polar surface area (TPSA) is 23.5 Å². The van der Waals surface area contributed by atoms with Crippen LogP contribution in [0.25, 0.3) is 0 Å². The molecule has 0 aromatic rings. The Morgan fingerprint density at radius 2 is 2.00 bits per heavy atom. The number of rotatable bonds is 3. The van der Waals surface area contributed by atoms with Gasteiger partial charge in [-0.2, -0.15) is 13.2 Å². The van der Waals surface area contributed by atoms with Gasteiger partial charge in [0.05, 0.1) is 12.0 Å². The Kier molecular flexibility index (Phi) is 4.62. The molecule has 96 valence electrons. The summed E-state index contributed by atoms with van der Waals surface area (Å²) in [6.07, 6.45) is -3.85. The average molecular weight is 239 g/mol. The molecule has 0 saturated carbocycles. The van der Waals surface area contributed by atoms with Gasteiger partial charge in [0.2, 0.25) is 0 Å². The minimum atomic E-state index is -4.10. The van der Waals surface area contributed by atoms with Gasteiger partial charge in [-0.25, -0.2) is 0 Å². The first-order valence-corrected chi connectivity index (χ1v) is 5.78. The summed E-state index contributed by atoms with van der Waals surface area (Å²) in [6.45, 7) is 4.79. The van der Waals surface area contributed by atoms with Crippen molar-refractivity contribution < 1.29 is 18.3 Å². The molecule has 1 saturated heterocycles. The Morgan fingerprint density at radius 3 is 2.50 bits per heavy atom. The highest BCUT2D eigenvalue weighted by molar-refractivity contribution is 4.79. The Hall–Kier alpha value is -0.290. The van der Waals surface area contributed by atoms with Crippen LogP contribution in [0.3, 0.4) is 0 Å². The van der Waals surface area contributed by atoms with Crippen molar-refractivity contribution in [1.82, 2.24) is 4.90 Å². The second-order valence-electron chi connectivity index (χ2n) is 4.95. The Balaban J connectivity index is 2.45. The predicted octanol–water partition coefficient (Wildman–Crippen LogP) is 2.28. The lowest BCUT2D eigenvalue weighted by molar-refractivity contribution is -0.187. The van der Waals surface area contributed by atoms with Crippen molar-refractivity contribution in [2.24, 2.45) is 11.8 Å². The maximum Gasteiger partial charge on any atom is 0.393 e. The molecule has 0 aliphatic carbocycles. The van der Waals surface area contributed by atoms with Gasteiger partial charge >= 0.3 is 6.18 Å². The zero-order valence-corrected chi connectivity index (χ0v) is 9.80. The van der Waals surface area contributed by atoms with E-state index in [1.165, 1.54) is 0 Å². The highest BCUT2D eigenvalue weighted by Crippen LogP contribution is 2.33. The molecule has 16 heavy (non-hydrogen) atoms. The summed E-state index contributed by atoms with van der Waals surface area (Å²) in [4.78, 5) is 1.73. The highest BCUT2D eigenvalue weighted by Gasteiger charge is 2.41. The third kappa shape index (κ3) is 3.94. The molecule has 5 heteroatoms. The SMILES string of the molecule is CC(C)C(O)CN1CCCC(C(F)(F)F)C1. The number of hydrogen-bond acceptors (Lipinski definition) is 2. The lowest BCUT2D eigenvalue weighted by Gasteiger charge is -2.35. The maximum atomic E-state index is 12.5. The number of piperidine rings is 1. The van der Waals surface area contributed by atoms with E-state index in [0.717, 1.165) is 0 Å². The van der Waals surface area contributed by atoms with Crippen molar-refractivity contribution in [3.05, 3.63) is 0 Å². The highest BCUT2D eigenvalue weighted by atomic mass is 19.4. The monoisotopic (exact) mass is 239 g/mol. The van der Waals surface area contributed by atoms with Crippen LogP contribution < -0.4 is 0 Å². The van der Waals surface area contributed by atoms with Gasteiger partial charge in [0, 0.05) is 13.1 Å². The summed E-state index contributed by atoms with van der Waals surface area (Å²) < 4.78 is 37.6. The minimum Gasteiger partial charge on any atom is -0.392 e. The van der Waals surface area contributed by atoms with Gasteiger partial charge < -0.3 is 10.0 Å². The van der Waals surface area contributed by atoms with Gasteiger partial charge in [-0.3, -0.25) is 0 Å². The molecule has 1 aliphatic heterocycles. The summed E-state index contributed by atoms with van der Waals surface area (Å²) in [5.74, 6) is -1.13. The first-order chi connectivity index (χ1) is 7.30. The quantitative estimate of drug-likeness (QED) is 0.816. The number of alkyl halides is 3. The number of halogens is 3. The van der Waals surface area contributed by atoms with Crippen molar-refractivity contribution in [3.8, 4) is 0 Å². The van der Waals surface area contributed by atoms with E-state index in [-0.39, 0.29) is 18.9 Å². The van der Waals surface area contributed by atoms with Crippen molar-refractivity contribution in [3.63, 3.8) is 0 Å². The first kappa shape index (κ1) is 13.8. The molecule has 1 N–H and O–H groups in total. The van der Waals surface area contributed by atoms with Crippen LogP contribution in [0, 0.1) is 11.8 Å². The number of aliphatic hydroxyl groups excluding tert-OH is 1. The van der Waals surface area contributed by atoms with E-state index in [1.54, 1.807) is 4.90 Å². The summed E-state index contributed by atoms with van der Waals surface area (Å²) in [5, 5.41) is 9.64. The number of aliphatic hydroxyl groups is 1. The largest absolute Gasteiger partial charge is 0.393 e. The average Bonchev–Trinajstić information content (AvgIpc) is 2.16. The molecule has 0 spiro atoms. The van der Waals surface area contributed by atoms with E-state index >= 15 is 0 Å². The summed E-state index contributed by atoms with van der Waals surface area (Å²) in [5.41, 5.74) is 0. The molecule has 0 radical (unpaired) electrons. The van der Waals surface area contributed by atoms with E-state index in [4.69, 9.17) is 0 Å². The number of hydrogen-bond donors (Lipinski definition) is 1. The van der Waals surface area contributed by atoms with Gasteiger partial charge in [0.25, 0.3) is 0 Å². The minimum absolute atomic E-state index is 0.0350. The molecule has 0 bridgehead atoms. The maximum absolute atomic E-state index is 12.5. The molecule has 2 unspecified atom stereocenters. The second-order valence-corrected chi connectivity index (χ2v) is 4.95. The van der Waals surface area contributed by atoms with Gasteiger partial charge in [0.15, 0.2) is 0 Å². The molecule has 0 aromatic carbocycles. The first-order valence-electron chi connectivity index (χ1n) is 5.78. The third-order valence-electron chi connectivity index (χ3n) is 3.18. The Labute approximate surface area is 94.4 Å². The Morgan fingerprint density at radius 1 is 1.38 bits per heavy atom. The van der Waals surface area contributed by atoms with Crippen molar-refractivity contribution in [1.29, 1.82) is 0 Å². The van der Waals surface area contributed by atoms with E-state index < -0.39 is 18.2 Å². The summed E-state index contributed by atoms with van der Waals surface area (Å²) >= 11 is 0. The van der Waals surface area contributed by atoms with Crippen LogP contribution in [0.1, 0.15) is 26.7 Å². The molecule has 0 aromatic heterocycles. The van der Waals surface area contributed by atoms with E-state index in [1.807, 2.05) is 13.8 Å². The normalized spacial score (nSPS) is 26.1. The molecule has 1 heterocycles. The fourth-order valence-electron chi connectivity index (χ4n) is 1.96. The van der Waals surface area contributed by atoms with Crippen LogP contribution in [-0.2, 0) is 0 Å². The molecule has 2 atom stereocenters. The predicted molar refractivity (Wildman–Crippen MR) is 56.1 cm³/mol. The summed E-state index contributed by atoms with van der Waals surface area (Å²) in [6, 6.07) is 0. The van der Waals surface area contributed by atoms with E-state index in [9.17, 15) is 18.3 Å². The molecular weight excluding hydrogens is 219 g/mol. The Bertz CT molecular complexity index is 218. The molecule has 2 nitrogen and oxygen atoms in total. The van der Waals surface area contributed by atoms with Crippen LogP contribution in [-0.4, -0.2) is 41.9 Å². The molecule has 1 rings (SSSR count). The van der Waals surface area contributed by atoms with Crippen LogP contribution in [0.5, 0.6) is 0 Å². The fourth-order valence-corrected chi connectivity index (χ4v) is 1.96. The van der Waals surface area contributed by atoms with Crippen LogP contribution in [0.4, 0.5) is 13.2 Å². The number of β-amino-alcohol motifs (C(OH)–C–C–N with tert-alkyl or cyclic N) is 1. The standard InChI is InChI=1S/C11H20F3NO/c1-8(2)10(16)7-15-5-3-4-9(6-15)11(12,13)14/h8-10,16H,3-7H2,1-2H3. The fraction of sp³-hybridized carbons (Fsp3) is 1.00. The zero-order chi connectivity index (χ0) is 12.3. The second kappa shape index (κ2) is 5.36. The van der Waals surface area contributed by atoms with Crippen molar-refractivity contribution >= 4 is 0 Å². The molecular formula is C11H20F3NO. The molecule has 0 amide bonds. The summed E-state index contributed by atoms with van der Waals surface area (Å²) in [7, 11) is 0. The smallest absolute Gasteiger partial charge is 0.392 e. The van der Waals surface area contributed by atoms with Gasteiger partial charge in [0.1, 0.15) is 0 Å². The number of likely N-dealkylation sites (tertiary alicyclic amines) is 1. The zero-order valence-electron chi connectivity index (χ0n) is 9.80. The van der Waals surface area contributed by atoms with Gasteiger partial charge in [-0.05, 0) is 25.3 Å². The third-order valence-corrected chi connectivity index (χ3v) is 3.18. The molecule has 1 aliphatic rings. The van der Waals surface area contributed by atoms with E-state index in [2.05, 4.69) is 0 Å². The van der Waals surface area contributed by atoms with Crippen LogP contribution in [0.15, 0.2) is 0 Å².